The Balaban J connectivity index is 0.000000395. The molecule has 0 radical (unpaired) electrons. The van der Waals surface area contributed by atoms with Crippen molar-refractivity contribution >= 4 is 29.5 Å². The standard InChI is InChI=1S/C13H22N4O3S.C12H10O6/c1-14-13(9-17(18)19)15-6-7-21-10-12-5-4-11(20-12)8-16(2)3;1-18-11(15)5-4-9(13)7-2-3-10(14)8(6-7)12(16)17/h4-5,9,14-15H,6-8,10H2,1-3H3;2-6,14H,1H3,(H,16,17)/b13-9+;5-4+. The third-order valence-electron chi connectivity index (χ3n) is 4.58. The van der Waals surface area contributed by atoms with Crippen molar-refractivity contribution in [1.29, 1.82) is 0 Å². The maximum absolute atomic E-state index is 11.6. The Kier molecular flexibility index (Phi) is 14.5. The van der Waals surface area contributed by atoms with Crippen molar-refractivity contribution in [1.82, 2.24) is 15.5 Å². The topological polar surface area (TPSA) is 184 Å². The number of ether oxygens (including phenoxy) is 1. The largest absolute Gasteiger partial charge is 0.507 e. The third kappa shape index (κ3) is 13.2. The molecule has 1 heterocycles. The van der Waals surface area contributed by atoms with E-state index in [4.69, 9.17) is 9.52 Å². The Morgan fingerprint density at radius 1 is 1.18 bits per heavy atom. The number of allylic oxidation sites excluding steroid dienone is 1. The zero-order valence-electron chi connectivity index (χ0n) is 22.0. The lowest BCUT2D eigenvalue weighted by atomic mass is 10.1. The van der Waals surface area contributed by atoms with Crippen molar-refractivity contribution in [2.75, 3.05) is 40.6 Å². The Morgan fingerprint density at radius 2 is 1.87 bits per heavy atom. The van der Waals surface area contributed by atoms with Crippen LogP contribution in [0.15, 0.2) is 58.9 Å². The summed E-state index contributed by atoms with van der Waals surface area (Å²) in [6.07, 6.45) is 2.81. The highest BCUT2D eigenvalue weighted by atomic mass is 32.2. The van der Waals surface area contributed by atoms with Crippen molar-refractivity contribution in [2.45, 2.75) is 12.3 Å². The number of thioether (sulfide) groups is 1. The second kappa shape index (κ2) is 17.3. The molecule has 2 aromatic rings. The fourth-order valence-corrected chi connectivity index (χ4v) is 3.55. The molecule has 0 spiro atoms. The first-order chi connectivity index (χ1) is 18.5. The zero-order chi connectivity index (χ0) is 29.4. The molecule has 4 N–H and O–H groups in total. The van der Waals surface area contributed by atoms with Gasteiger partial charge in [0, 0.05) is 31.0 Å². The highest BCUT2D eigenvalue weighted by molar-refractivity contribution is 7.98. The first kappa shape index (κ1) is 32.7. The van der Waals surface area contributed by atoms with Gasteiger partial charge in [0.25, 0.3) is 6.20 Å². The summed E-state index contributed by atoms with van der Waals surface area (Å²) in [5.74, 6) is 0.903. The molecule has 0 bridgehead atoms. The summed E-state index contributed by atoms with van der Waals surface area (Å²) >= 11 is 1.72. The lowest BCUT2D eigenvalue weighted by Crippen LogP contribution is -2.26. The van der Waals surface area contributed by atoms with Crippen LogP contribution in [-0.2, 0) is 21.8 Å². The second-order valence-electron chi connectivity index (χ2n) is 7.92. The molecule has 0 amide bonds. The van der Waals surface area contributed by atoms with E-state index in [2.05, 4.69) is 20.3 Å². The lowest BCUT2D eigenvalue weighted by molar-refractivity contribution is -0.404. The van der Waals surface area contributed by atoms with Gasteiger partial charge in [-0.15, -0.1) is 0 Å². The van der Waals surface area contributed by atoms with E-state index >= 15 is 0 Å². The van der Waals surface area contributed by atoms with Crippen LogP contribution < -0.4 is 10.6 Å². The van der Waals surface area contributed by atoms with Gasteiger partial charge in [-0.25, -0.2) is 9.59 Å². The van der Waals surface area contributed by atoms with E-state index < -0.39 is 28.4 Å². The van der Waals surface area contributed by atoms with Gasteiger partial charge in [0.1, 0.15) is 22.8 Å². The van der Waals surface area contributed by atoms with Crippen LogP contribution in [0.1, 0.15) is 32.2 Å². The minimum absolute atomic E-state index is 0.0466. The predicted molar refractivity (Wildman–Crippen MR) is 145 cm³/mol. The maximum Gasteiger partial charge on any atom is 0.339 e. The number of esters is 1. The number of nitrogens with zero attached hydrogens (tertiary/aromatic N) is 2. The average Bonchev–Trinajstić information content (AvgIpc) is 3.32. The molecular formula is C25H32N4O9S. The molecule has 0 saturated carbocycles. The van der Waals surface area contributed by atoms with E-state index in [1.54, 1.807) is 18.8 Å². The minimum Gasteiger partial charge on any atom is -0.507 e. The predicted octanol–water partition coefficient (Wildman–Crippen LogP) is 2.46. The van der Waals surface area contributed by atoms with E-state index in [1.807, 2.05) is 26.2 Å². The minimum atomic E-state index is -1.35. The van der Waals surface area contributed by atoms with Gasteiger partial charge in [0.2, 0.25) is 0 Å². The van der Waals surface area contributed by atoms with Crippen LogP contribution in [-0.4, -0.2) is 78.3 Å². The van der Waals surface area contributed by atoms with Crippen LogP contribution in [0.5, 0.6) is 5.75 Å². The maximum atomic E-state index is 11.6. The number of aromatic hydroxyl groups is 1. The molecule has 13 nitrogen and oxygen atoms in total. The van der Waals surface area contributed by atoms with Crippen LogP contribution >= 0.6 is 11.8 Å². The average molecular weight is 565 g/mol. The molecular weight excluding hydrogens is 532 g/mol. The number of aromatic carboxylic acids is 1. The van der Waals surface area contributed by atoms with Crippen LogP contribution in [0, 0.1) is 10.1 Å². The van der Waals surface area contributed by atoms with E-state index in [9.17, 15) is 29.6 Å². The van der Waals surface area contributed by atoms with Gasteiger partial charge in [-0.05, 0) is 50.5 Å². The molecule has 0 fully saturated rings. The van der Waals surface area contributed by atoms with Gasteiger partial charge in [-0.3, -0.25) is 14.9 Å². The Morgan fingerprint density at radius 3 is 2.46 bits per heavy atom. The van der Waals surface area contributed by atoms with Gasteiger partial charge in [-0.2, -0.15) is 11.8 Å². The number of furan rings is 1. The van der Waals surface area contributed by atoms with Gasteiger partial charge < -0.3 is 34.9 Å². The molecule has 0 saturated heterocycles. The van der Waals surface area contributed by atoms with Crippen molar-refractivity contribution in [3.05, 3.63) is 87.3 Å². The monoisotopic (exact) mass is 564 g/mol. The number of nitrogens with one attached hydrogen (secondary N) is 2. The van der Waals surface area contributed by atoms with Gasteiger partial charge in [0.05, 0.1) is 24.3 Å². The zero-order valence-corrected chi connectivity index (χ0v) is 22.8. The molecule has 14 heteroatoms. The number of carboxylic acids is 1. The quantitative estimate of drug-likeness (QED) is 0.0655. The highest BCUT2D eigenvalue weighted by Gasteiger charge is 2.13. The Labute approximate surface area is 229 Å². The number of hydrogen-bond acceptors (Lipinski definition) is 12. The SMILES string of the molecule is CN/C(=C\[N+](=O)[O-])NCCSCc1ccc(CN(C)C)o1.COC(=O)/C=C/C(=O)c1ccc(O)c(C(=O)O)c1. The van der Waals surface area contributed by atoms with Crippen molar-refractivity contribution in [2.24, 2.45) is 0 Å². The summed E-state index contributed by atoms with van der Waals surface area (Å²) < 4.78 is 10.0. The molecule has 1 aromatic carbocycles. The van der Waals surface area contributed by atoms with Gasteiger partial charge in [0.15, 0.2) is 11.6 Å². The number of ketones is 1. The molecule has 0 atom stereocenters. The number of hydrogen-bond donors (Lipinski definition) is 4. The summed E-state index contributed by atoms with van der Waals surface area (Å²) in [6.45, 7) is 1.44. The number of methoxy groups -OCH3 is 1. The Hall–Kier alpha value is -4.30. The third-order valence-corrected chi connectivity index (χ3v) is 5.56. The summed E-state index contributed by atoms with van der Waals surface area (Å²) in [4.78, 5) is 45.0. The lowest BCUT2D eigenvalue weighted by Gasteiger charge is -2.07. The Bertz CT molecular complexity index is 1190. The fraction of sp³-hybridized carbons (Fsp3) is 0.320. The van der Waals surface area contributed by atoms with Crippen molar-refractivity contribution < 1.29 is 38.7 Å². The van der Waals surface area contributed by atoms with E-state index in [0.29, 0.717) is 12.4 Å². The number of rotatable bonds is 14. The molecule has 212 valence electrons. The summed E-state index contributed by atoms with van der Waals surface area (Å²) in [7, 11) is 6.81. The van der Waals surface area contributed by atoms with E-state index in [-0.39, 0.29) is 11.1 Å². The van der Waals surface area contributed by atoms with E-state index in [1.165, 1.54) is 13.2 Å². The smallest absolute Gasteiger partial charge is 0.339 e. The highest BCUT2D eigenvalue weighted by Crippen LogP contribution is 2.19. The first-order valence-electron chi connectivity index (χ1n) is 11.4. The van der Waals surface area contributed by atoms with E-state index in [0.717, 1.165) is 60.1 Å². The normalized spacial score (nSPS) is 11.1. The molecule has 0 aliphatic heterocycles. The first-order valence-corrected chi connectivity index (χ1v) is 12.6. The van der Waals surface area contributed by atoms with Crippen LogP contribution in [0.2, 0.25) is 0 Å². The molecule has 0 unspecified atom stereocenters. The second-order valence-corrected chi connectivity index (χ2v) is 9.03. The molecule has 2 rings (SSSR count). The number of phenols is 1. The van der Waals surface area contributed by atoms with Crippen molar-refractivity contribution in [3.8, 4) is 5.75 Å². The molecule has 0 aliphatic rings. The van der Waals surface area contributed by atoms with Crippen molar-refractivity contribution in [3.63, 3.8) is 0 Å². The summed E-state index contributed by atoms with van der Waals surface area (Å²) in [5.41, 5.74) is -0.335. The fourth-order valence-electron chi connectivity index (χ4n) is 2.80. The number of carbonyl (C=O) groups excluding carboxylic acids is 2. The van der Waals surface area contributed by atoms with Gasteiger partial charge >= 0.3 is 11.9 Å². The number of carboxylic acid groups (broad SMARTS) is 1. The molecule has 1 aromatic heterocycles. The molecule has 0 aliphatic carbocycles. The van der Waals surface area contributed by atoms with Crippen LogP contribution in [0.4, 0.5) is 0 Å². The summed E-state index contributed by atoms with van der Waals surface area (Å²) in [5, 5.41) is 34.1. The number of nitro groups is 1. The van der Waals surface area contributed by atoms with Crippen LogP contribution in [0.3, 0.4) is 0 Å². The summed E-state index contributed by atoms with van der Waals surface area (Å²) in [6, 6.07) is 7.37. The van der Waals surface area contributed by atoms with Crippen LogP contribution in [0.25, 0.3) is 0 Å². The number of carbonyl (C=O) groups is 3. The van der Waals surface area contributed by atoms with Gasteiger partial charge in [-0.1, -0.05) is 0 Å². The molecule has 39 heavy (non-hydrogen) atoms. The number of benzene rings is 1.